The molecule has 0 spiro atoms. The Morgan fingerprint density at radius 3 is 1.35 bits per heavy atom. The first-order chi connectivity index (χ1) is 24.3. The van der Waals surface area contributed by atoms with Crippen molar-refractivity contribution >= 4 is 49.4 Å². The van der Waals surface area contributed by atoms with Gasteiger partial charge in [0.1, 0.15) is 0 Å². The zero-order valence-corrected chi connectivity index (χ0v) is 27.0. The number of benzene rings is 9. The molecule has 1 heteroatoms. The zero-order valence-electron chi connectivity index (χ0n) is 27.0. The van der Waals surface area contributed by atoms with Crippen LogP contribution in [0.15, 0.2) is 200 Å². The van der Waals surface area contributed by atoms with Gasteiger partial charge in [-0.15, -0.1) is 0 Å². The summed E-state index contributed by atoms with van der Waals surface area (Å²) in [5, 5.41) is 7.68. The zero-order chi connectivity index (χ0) is 32.6. The molecule has 230 valence electrons. The first-order valence-electron chi connectivity index (χ1n) is 16.9. The molecular weight excluding hydrogens is 591 g/mol. The topological polar surface area (TPSA) is 3.24 Å². The lowest BCUT2D eigenvalue weighted by Gasteiger charge is -2.26. The number of nitrogens with zero attached hydrogens (tertiary/aromatic N) is 1. The van der Waals surface area contributed by atoms with Crippen molar-refractivity contribution in [2.24, 2.45) is 0 Å². The van der Waals surface area contributed by atoms with Crippen LogP contribution in [-0.4, -0.2) is 0 Å². The van der Waals surface area contributed by atoms with E-state index < -0.39 is 0 Å². The van der Waals surface area contributed by atoms with E-state index in [2.05, 4.69) is 205 Å². The van der Waals surface area contributed by atoms with E-state index >= 15 is 0 Å². The van der Waals surface area contributed by atoms with Gasteiger partial charge in [-0.2, -0.15) is 0 Å². The summed E-state index contributed by atoms with van der Waals surface area (Å²) < 4.78 is 0. The largest absolute Gasteiger partial charge is 0.311 e. The lowest BCUT2D eigenvalue weighted by Crippen LogP contribution is -2.09. The van der Waals surface area contributed by atoms with Gasteiger partial charge in [-0.25, -0.2) is 0 Å². The second kappa shape index (κ2) is 12.3. The summed E-state index contributed by atoms with van der Waals surface area (Å²) in [6.07, 6.45) is 0. The van der Waals surface area contributed by atoms with Crippen LogP contribution in [0.5, 0.6) is 0 Å². The van der Waals surface area contributed by atoms with E-state index in [0.29, 0.717) is 0 Å². The predicted octanol–water partition coefficient (Wildman–Crippen LogP) is 13.6. The van der Waals surface area contributed by atoms with Crippen LogP contribution in [0.4, 0.5) is 17.1 Å². The molecular formula is C48H33N. The Kier molecular flexibility index (Phi) is 7.22. The van der Waals surface area contributed by atoms with Crippen LogP contribution in [0.2, 0.25) is 0 Å². The van der Waals surface area contributed by atoms with Crippen LogP contribution < -0.4 is 4.90 Å². The molecule has 9 aromatic rings. The van der Waals surface area contributed by atoms with E-state index in [1.54, 1.807) is 0 Å². The number of fused-ring (bicyclic) bond motifs is 5. The molecule has 0 saturated heterocycles. The van der Waals surface area contributed by atoms with Crippen LogP contribution in [0.3, 0.4) is 0 Å². The minimum Gasteiger partial charge on any atom is -0.311 e. The monoisotopic (exact) mass is 623 g/mol. The molecule has 0 radical (unpaired) electrons. The van der Waals surface area contributed by atoms with Crippen LogP contribution >= 0.6 is 0 Å². The van der Waals surface area contributed by atoms with E-state index in [1.807, 2.05) is 0 Å². The van der Waals surface area contributed by atoms with Crippen LogP contribution in [-0.2, 0) is 0 Å². The number of para-hydroxylation sites is 1. The fraction of sp³-hybridized carbons (Fsp3) is 0. The summed E-state index contributed by atoms with van der Waals surface area (Å²) in [7, 11) is 0. The highest BCUT2D eigenvalue weighted by Crippen LogP contribution is 2.41. The molecule has 0 amide bonds. The van der Waals surface area contributed by atoms with Crippen LogP contribution in [0.25, 0.3) is 65.7 Å². The molecule has 0 unspecified atom stereocenters. The van der Waals surface area contributed by atoms with Gasteiger partial charge < -0.3 is 4.90 Å². The van der Waals surface area contributed by atoms with Gasteiger partial charge in [-0.05, 0) is 108 Å². The third-order valence-electron chi connectivity index (χ3n) is 9.67. The second-order valence-electron chi connectivity index (χ2n) is 12.5. The highest BCUT2D eigenvalue weighted by molar-refractivity contribution is 6.21. The average Bonchev–Trinajstić information content (AvgIpc) is 3.19. The van der Waals surface area contributed by atoms with Crippen molar-refractivity contribution in [2.75, 3.05) is 4.90 Å². The molecule has 0 fully saturated rings. The molecule has 0 N–H and O–H groups in total. The Hall–Kier alpha value is -6.44. The summed E-state index contributed by atoms with van der Waals surface area (Å²) in [5.74, 6) is 0. The standard InChI is InChI=1S/C48H33N/c1-3-13-34(14-4-1)41-18-9-10-19-42(41)36-23-28-39(29-24-36)49(38-16-5-2-6-17-38)40-30-25-37(26-31-40)47-33-48-43-20-8-7-15-35(43)27-32-46(48)44-21-11-12-22-45(44)47/h1-33H. The molecule has 0 saturated carbocycles. The van der Waals surface area contributed by atoms with Crippen molar-refractivity contribution in [3.05, 3.63) is 200 Å². The maximum absolute atomic E-state index is 2.38. The minimum absolute atomic E-state index is 1.11. The smallest absolute Gasteiger partial charge is 0.0462 e. The molecule has 9 aromatic carbocycles. The number of rotatable bonds is 6. The summed E-state index contributed by atoms with van der Waals surface area (Å²) in [4.78, 5) is 2.34. The second-order valence-corrected chi connectivity index (χ2v) is 12.5. The van der Waals surface area contributed by atoms with Crippen molar-refractivity contribution in [1.29, 1.82) is 0 Å². The van der Waals surface area contributed by atoms with E-state index in [9.17, 15) is 0 Å². The number of hydrogen-bond acceptors (Lipinski definition) is 1. The summed E-state index contributed by atoms with van der Waals surface area (Å²) in [6.45, 7) is 0. The van der Waals surface area contributed by atoms with Crippen molar-refractivity contribution < 1.29 is 0 Å². The molecule has 49 heavy (non-hydrogen) atoms. The highest BCUT2D eigenvalue weighted by atomic mass is 15.1. The van der Waals surface area contributed by atoms with Gasteiger partial charge in [0.05, 0.1) is 0 Å². The number of hydrogen-bond donors (Lipinski definition) is 0. The van der Waals surface area contributed by atoms with Gasteiger partial charge in [-0.1, -0.05) is 158 Å². The minimum atomic E-state index is 1.11. The fourth-order valence-electron chi connectivity index (χ4n) is 7.31. The Balaban J connectivity index is 1.13. The molecule has 0 heterocycles. The quantitative estimate of drug-likeness (QED) is 0.167. The lowest BCUT2D eigenvalue weighted by molar-refractivity contribution is 1.28. The van der Waals surface area contributed by atoms with Gasteiger partial charge in [-0.3, -0.25) is 0 Å². The Bertz CT molecular complexity index is 2570. The third-order valence-corrected chi connectivity index (χ3v) is 9.67. The van der Waals surface area contributed by atoms with Gasteiger partial charge in [0.2, 0.25) is 0 Å². The maximum Gasteiger partial charge on any atom is 0.0462 e. The molecule has 0 aliphatic heterocycles. The highest BCUT2D eigenvalue weighted by Gasteiger charge is 2.15. The van der Waals surface area contributed by atoms with Crippen molar-refractivity contribution in [2.45, 2.75) is 0 Å². The Morgan fingerprint density at radius 2 is 0.694 bits per heavy atom. The summed E-state index contributed by atoms with van der Waals surface area (Å²) in [6, 6.07) is 72.3. The maximum atomic E-state index is 2.38. The molecule has 0 bridgehead atoms. The molecule has 0 aromatic heterocycles. The lowest BCUT2D eigenvalue weighted by atomic mass is 9.91. The Labute approximate surface area is 287 Å². The van der Waals surface area contributed by atoms with Crippen LogP contribution in [0, 0.1) is 0 Å². The van der Waals surface area contributed by atoms with Crippen molar-refractivity contribution in [3.63, 3.8) is 0 Å². The average molecular weight is 624 g/mol. The first kappa shape index (κ1) is 28.8. The third kappa shape index (κ3) is 5.23. The van der Waals surface area contributed by atoms with Gasteiger partial charge in [0.25, 0.3) is 0 Å². The molecule has 9 rings (SSSR count). The van der Waals surface area contributed by atoms with E-state index in [4.69, 9.17) is 0 Å². The Morgan fingerprint density at radius 1 is 0.245 bits per heavy atom. The molecule has 1 nitrogen and oxygen atoms in total. The van der Waals surface area contributed by atoms with Gasteiger partial charge in [0.15, 0.2) is 0 Å². The van der Waals surface area contributed by atoms with Crippen LogP contribution in [0.1, 0.15) is 0 Å². The van der Waals surface area contributed by atoms with E-state index in [1.165, 1.54) is 65.7 Å². The summed E-state index contributed by atoms with van der Waals surface area (Å²) in [5.41, 5.74) is 10.7. The van der Waals surface area contributed by atoms with E-state index in [0.717, 1.165) is 17.1 Å². The normalized spacial score (nSPS) is 11.3. The predicted molar refractivity (Wildman–Crippen MR) is 210 cm³/mol. The first-order valence-corrected chi connectivity index (χ1v) is 16.9. The molecule has 0 aliphatic carbocycles. The SMILES string of the molecule is c1ccc(-c2ccccc2-c2ccc(N(c3ccccc3)c3ccc(-c4cc5c6ccccc6ccc5c5ccccc45)cc3)cc2)cc1. The van der Waals surface area contributed by atoms with E-state index in [-0.39, 0.29) is 0 Å². The fourth-order valence-corrected chi connectivity index (χ4v) is 7.31. The van der Waals surface area contributed by atoms with Gasteiger partial charge in [0, 0.05) is 17.1 Å². The molecule has 0 atom stereocenters. The summed E-state index contributed by atoms with van der Waals surface area (Å²) >= 11 is 0. The molecule has 0 aliphatic rings. The number of anilines is 3. The van der Waals surface area contributed by atoms with Crippen molar-refractivity contribution in [1.82, 2.24) is 0 Å². The van der Waals surface area contributed by atoms with Crippen molar-refractivity contribution in [3.8, 4) is 33.4 Å². The van der Waals surface area contributed by atoms with Gasteiger partial charge >= 0.3 is 0 Å².